The van der Waals surface area contributed by atoms with E-state index in [0.29, 0.717) is 12.8 Å². The van der Waals surface area contributed by atoms with E-state index in [9.17, 15) is 9.59 Å². The Kier molecular flexibility index (Phi) is 5.60. The van der Waals surface area contributed by atoms with Crippen molar-refractivity contribution >= 4 is 24.3 Å². The van der Waals surface area contributed by atoms with Gasteiger partial charge in [-0.3, -0.25) is 9.59 Å². The van der Waals surface area contributed by atoms with Crippen molar-refractivity contribution in [3.8, 4) is 0 Å². The molecule has 0 aromatic rings. The van der Waals surface area contributed by atoms with Crippen molar-refractivity contribution in [2.24, 2.45) is 17.6 Å². The zero-order chi connectivity index (χ0) is 10.7. The molecule has 0 aromatic heterocycles. The van der Waals surface area contributed by atoms with Crippen LogP contribution < -0.4 is 5.73 Å². The fraction of sp³-hybridized carbons (Fsp3) is 0.778. The van der Waals surface area contributed by atoms with E-state index in [0.717, 1.165) is 0 Å². The van der Waals surface area contributed by atoms with Crippen molar-refractivity contribution in [1.29, 1.82) is 0 Å². The van der Waals surface area contributed by atoms with Crippen molar-refractivity contribution < 1.29 is 19.1 Å². The summed E-state index contributed by atoms with van der Waals surface area (Å²) in [5, 5.41) is 0. The van der Waals surface area contributed by atoms with Crippen LogP contribution in [0.2, 0.25) is 0 Å². The number of rotatable bonds is 3. The molecule has 0 heterocycles. The summed E-state index contributed by atoms with van der Waals surface area (Å²) < 4.78 is 9.08. The molecule has 1 fully saturated rings. The number of methoxy groups -OCH3 is 2. The quantitative estimate of drug-likeness (QED) is 0.705. The van der Waals surface area contributed by atoms with Gasteiger partial charge in [0.25, 0.3) is 0 Å². The van der Waals surface area contributed by atoms with Gasteiger partial charge in [-0.05, 0) is 18.8 Å². The highest BCUT2D eigenvalue weighted by atomic mass is 35.5. The predicted molar refractivity (Wildman–Crippen MR) is 55.5 cm³/mol. The topological polar surface area (TPSA) is 78.6 Å². The van der Waals surface area contributed by atoms with Crippen LogP contribution in [0.25, 0.3) is 0 Å². The molecule has 1 unspecified atom stereocenters. The minimum absolute atomic E-state index is 0. The van der Waals surface area contributed by atoms with Crippen LogP contribution in [0.1, 0.15) is 12.8 Å². The van der Waals surface area contributed by atoms with Gasteiger partial charge < -0.3 is 15.2 Å². The number of carbonyl (C=O) groups is 2. The molecule has 0 amide bonds. The third-order valence-electron chi connectivity index (χ3n) is 2.69. The van der Waals surface area contributed by atoms with Crippen LogP contribution in [0.5, 0.6) is 0 Å². The standard InChI is InChI=1S/C9H15NO4.ClH/c1-13-8(11)6-3-5(4-6)7(10)9(12)14-2;/h5-7H,3-4,10H2,1-2H3;1H. The van der Waals surface area contributed by atoms with E-state index in [2.05, 4.69) is 9.47 Å². The molecule has 0 bridgehead atoms. The Hall–Kier alpha value is -0.810. The van der Waals surface area contributed by atoms with Gasteiger partial charge in [-0.15, -0.1) is 12.4 Å². The average molecular weight is 238 g/mol. The van der Waals surface area contributed by atoms with E-state index in [1.165, 1.54) is 14.2 Å². The van der Waals surface area contributed by atoms with Gasteiger partial charge in [0, 0.05) is 0 Å². The molecule has 0 spiro atoms. The second-order valence-electron chi connectivity index (χ2n) is 3.50. The Bertz CT molecular complexity index is 240. The van der Waals surface area contributed by atoms with Crippen molar-refractivity contribution in [2.45, 2.75) is 18.9 Å². The summed E-state index contributed by atoms with van der Waals surface area (Å²) in [4.78, 5) is 22.1. The van der Waals surface area contributed by atoms with Crippen LogP contribution in [-0.4, -0.2) is 32.2 Å². The van der Waals surface area contributed by atoms with Gasteiger partial charge in [0.2, 0.25) is 0 Å². The lowest BCUT2D eigenvalue weighted by molar-refractivity contribution is -0.154. The molecule has 1 atom stereocenters. The van der Waals surface area contributed by atoms with Crippen LogP contribution in [0, 0.1) is 11.8 Å². The summed E-state index contributed by atoms with van der Waals surface area (Å²) >= 11 is 0. The van der Waals surface area contributed by atoms with Gasteiger partial charge in [-0.1, -0.05) is 0 Å². The summed E-state index contributed by atoms with van der Waals surface area (Å²) in [6.07, 6.45) is 1.23. The number of carbonyl (C=O) groups excluding carboxylic acids is 2. The highest BCUT2D eigenvalue weighted by Gasteiger charge is 2.41. The molecule has 0 radical (unpaired) electrons. The first-order valence-electron chi connectivity index (χ1n) is 4.51. The Labute approximate surface area is 94.7 Å². The molecular weight excluding hydrogens is 222 g/mol. The van der Waals surface area contributed by atoms with E-state index < -0.39 is 12.0 Å². The lowest BCUT2D eigenvalue weighted by Crippen LogP contribution is -2.47. The van der Waals surface area contributed by atoms with Crippen molar-refractivity contribution in [3.05, 3.63) is 0 Å². The summed E-state index contributed by atoms with van der Waals surface area (Å²) in [6.45, 7) is 0. The smallest absolute Gasteiger partial charge is 0.322 e. The molecule has 88 valence electrons. The number of esters is 2. The number of hydrogen-bond donors (Lipinski definition) is 1. The van der Waals surface area contributed by atoms with Gasteiger partial charge >= 0.3 is 11.9 Å². The zero-order valence-electron chi connectivity index (χ0n) is 8.76. The molecule has 1 aliphatic carbocycles. The summed E-state index contributed by atoms with van der Waals surface area (Å²) in [6, 6.07) is -0.610. The minimum atomic E-state index is -0.610. The number of ether oxygens (including phenoxy) is 2. The SMILES string of the molecule is COC(=O)C1CC(C(N)C(=O)OC)C1.Cl. The van der Waals surface area contributed by atoms with Crippen LogP contribution in [0.4, 0.5) is 0 Å². The zero-order valence-corrected chi connectivity index (χ0v) is 9.58. The third kappa shape index (κ3) is 3.07. The molecule has 15 heavy (non-hydrogen) atoms. The maximum absolute atomic E-state index is 11.0. The molecule has 1 rings (SSSR count). The molecule has 6 heteroatoms. The lowest BCUT2D eigenvalue weighted by atomic mass is 9.71. The second-order valence-corrected chi connectivity index (χ2v) is 3.50. The number of hydrogen-bond acceptors (Lipinski definition) is 5. The van der Waals surface area contributed by atoms with Crippen LogP contribution >= 0.6 is 12.4 Å². The molecule has 0 saturated heterocycles. The summed E-state index contributed by atoms with van der Waals surface area (Å²) in [7, 11) is 2.66. The Morgan fingerprint density at radius 1 is 1.27 bits per heavy atom. The van der Waals surface area contributed by atoms with E-state index >= 15 is 0 Å². The van der Waals surface area contributed by atoms with Gasteiger partial charge in [0.15, 0.2) is 0 Å². The van der Waals surface area contributed by atoms with E-state index in [1.807, 2.05) is 0 Å². The van der Waals surface area contributed by atoms with Crippen molar-refractivity contribution in [2.75, 3.05) is 14.2 Å². The van der Waals surface area contributed by atoms with Crippen molar-refractivity contribution in [1.82, 2.24) is 0 Å². The summed E-state index contributed by atoms with van der Waals surface area (Å²) in [5.74, 6) is -0.691. The van der Waals surface area contributed by atoms with Gasteiger partial charge in [-0.25, -0.2) is 0 Å². The van der Waals surface area contributed by atoms with E-state index in [1.54, 1.807) is 0 Å². The molecule has 5 nitrogen and oxygen atoms in total. The first-order valence-corrected chi connectivity index (χ1v) is 4.51. The summed E-state index contributed by atoms with van der Waals surface area (Å²) in [5.41, 5.74) is 5.61. The Balaban J connectivity index is 0.00000196. The monoisotopic (exact) mass is 237 g/mol. The van der Waals surface area contributed by atoms with E-state index in [4.69, 9.17) is 5.73 Å². The largest absolute Gasteiger partial charge is 0.469 e. The fourth-order valence-corrected chi connectivity index (χ4v) is 1.64. The van der Waals surface area contributed by atoms with E-state index in [-0.39, 0.29) is 30.2 Å². The minimum Gasteiger partial charge on any atom is -0.469 e. The lowest BCUT2D eigenvalue weighted by Gasteiger charge is -2.35. The number of nitrogens with two attached hydrogens (primary N) is 1. The Morgan fingerprint density at radius 2 is 1.80 bits per heavy atom. The third-order valence-corrected chi connectivity index (χ3v) is 2.69. The number of halogens is 1. The molecular formula is C9H16ClNO4. The highest BCUT2D eigenvalue weighted by molar-refractivity contribution is 5.85. The highest BCUT2D eigenvalue weighted by Crippen LogP contribution is 2.36. The first-order chi connectivity index (χ1) is 6.60. The molecule has 0 aromatic carbocycles. The van der Waals surface area contributed by atoms with Crippen molar-refractivity contribution in [3.63, 3.8) is 0 Å². The van der Waals surface area contributed by atoms with Gasteiger partial charge in [0.1, 0.15) is 6.04 Å². The Morgan fingerprint density at radius 3 is 2.20 bits per heavy atom. The van der Waals surface area contributed by atoms with Crippen LogP contribution in [-0.2, 0) is 19.1 Å². The maximum atomic E-state index is 11.0. The van der Waals surface area contributed by atoms with Crippen LogP contribution in [0.3, 0.4) is 0 Å². The normalized spacial score (nSPS) is 25.5. The molecule has 1 aliphatic rings. The maximum Gasteiger partial charge on any atom is 0.322 e. The molecule has 0 aliphatic heterocycles. The molecule has 1 saturated carbocycles. The molecule has 2 N–H and O–H groups in total. The van der Waals surface area contributed by atoms with Gasteiger partial charge in [0.05, 0.1) is 20.1 Å². The fourth-order valence-electron chi connectivity index (χ4n) is 1.64. The van der Waals surface area contributed by atoms with Crippen LogP contribution in [0.15, 0.2) is 0 Å². The first kappa shape index (κ1) is 14.2. The average Bonchev–Trinajstić information content (AvgIpc) is 2.13. The predicted octanol–water partition coefficient (Wildman–Crippen LogP) is 0.108. The second kappa shape index (κ2) is 5.92. The van der Waals surface area contributed by atoms with Gasteiger partial charge in [-0.2, -0.15) is 0 Å².